The Bertz CT molecular complexity index is 2530. The molecule has 9 aromatic rings. The van der Waals surface area contributed by atoms with Crippen molar-refractivity contribution in [2.24, 2.45) is 0 Å². The summed E-state index contributed by atoms with van der Waals surface area (Å²) in [6, 6.07) is 54.5. The van der Waals surface area contributed by atoms with Crippen LogP contribution in [-0.4, -0.2) is 0 Å². The van der Waals surface area contributed by atoms with Gasteiger partial charge in [0, 0.05) is 44.5 Å². The Balaban J connectivity index is 1.18. The maximum atomic E-state index is 6.44. The molecule has 2 aromatic heterocycles. The van der Waals surface area contributed by atoms with Gasteiger partial charge in [0.05, 0.1) is 5.39 Å². The van der Waals surface area contributed by atoms with Crippen LogP contribution in [0.15, 0.2) is 167 Å². The maximum absolute atomic E-state index is 6.44. The van der Waals surface area contributed by atoms with Gasteiger partial charge in [-0.2, -0.15) is 0 Å². The van der Waals surface area contributed by atoms with Crippen molar-refractivity contribution in [2.75, 3.05) is 10.6 Å². The van der Waals surface area contributed by atoms with Gasteiger partial charge in [0.2, 0.25) is 0 Å². The Morgan fingerprint density at radius 2 is 1.02 bits per heavy atom. The lowest BCUT2D eigenvalue weighted by Crippen LogP contribution is -2.09. The van der Waals surface area contributed by atoms with Crippen molar-refractivity contribution in [1.29, 1.82) is 0 Å². The molecule has 4 heteroatoms. The second-order valence-corrected chi connectivity index (χ2v) is 11.6. The lowest BCUT2D eigenvalue weighted by molar-refractivity contribution is 0.669. The number of hydrogen-bond acceptors (Lipinski definition) is 4. The lowest BCUT2D eigenvalue weighted by atomic mass is 10.0. The molecule has 0 fully saturated rings. The Morgan fingerprint density at radius 3 is 1.83 bits per heavy atom. The number of nitrogen functional groups attached to an aromatic ring is 1. The summed E-state index contributed by atoms with van der Waals surface area (Å²) in [5.74, 6) is 0. The zero-order valence-corrected chi connectivity index (χ0v) is 24.9. The molecule has 9 rings (SSSR count). The van der Waals surface area contributed by atoms with Gasteiger partial charge in [-0.25, -0.2) is 0 Å². The van der Waals surface area contributed by atoms with Gasteiger partial charge in [-0.3, -0.25) is 0 Å². The third-order valence-corrected chi connectivity index (χ3v) is 8.84. The zero-order valence-electron chi connectivity index (χ0n) is 24.9. The SMILES string of the molecule is Nc1cccc2oc3ccc(N(c4ccc(-c5ccccc5)cc4)c4ccc(-c5cccc6c5oc5ccccc56)cc4)cc3c12. The second-order valence-electron chi connectivity index (χ2n) is 11.6. The monoisotopic (exact) mass is 592 g/mol. The topological polar surface area (TPSA) is 55.5 Å². The fourth-order valence-corrected chi connectivity index (χ4v) is 6.63. The predicted molar refractivity (Wildman–Crippen MR) is 191 cm³/mol. The number of hydrogen-bond donors (Lipinski definition) is 1. The zero-order chi connectivity index (χ0) is 30.6. The third-order valence-electron chi connectivity index (χ3n) is 8.84. The highest BCUT2D eigenvalue weighted by atomic mass is 16.3. The minimum Gasteiger partial charge on any atom is -0.456 e. The normalized spacial score (nSPS) is 11.6. The molecular weight excluding hydrogens is 564 g/mol. The lowest BCUT2D eigenvalue weighted by Gasteiger charge is -2.26. The summed E-state index contributed by atoms with van der Waals surface area (Å²) in [5, 5.41) is 4.18. The van der Waals surface area contributed by atoms with Crippen LogP contribution < -0.4 is 10.6 Å². The van der Waals surface area contributed by atoms with Crippen molar-refractivity contribution in [3.05, 3.63) is 158 Å². The number of para-hydroxylation sites is 2. The van der Waals surface area contributed by atoms with Gasteiger partial charge in [-0.05, 0) is 77.4 Å². The van der Waals surface area contributed by atoms with Crippen LogP contribution in [0.4, 0.5) is 22.7 Å². The molecule has 0 spiro atoms. The van der Waals surface area contributed by atoms with Crippen molar-refractivity contribution in [2.45, 2.75) is 0 Å². The number of anilines is 4. The number of nitrogens with zero attached hydrogens (tertiary/aromatic N) is 1. The van der Waals surface area contributed by atoms with Crippen molar-refractivity contribution < 1.29 is 8.83 Å². The fourth-order valence-electron chi connectivity index (χ4n) is 6.63. The summed E-state index contributed by atoms with van der Waals surface area (Å²) < 4.78 is 12.5. The molecule has 0 aliphatic carbocycles. The van der Waals surface area contributed by atoms with Crippen molar-refractivity contribution >= 4 is 66.6 Å². The maximum Gasteiger partial charge on any atom is 0.143 e. The average molecular weight is 593 g/mol. The predicted octanol–water partition coefficient (Wildman–Crippen LogP) is 11.9. The number of fused-ring (bicyclic) bond motifs is 6. The van der Waals surface area contributed by atoms with Crippen LogP contribution in [0, 0.1) is 0 Å². The summed E-state index contributed by atoms with van der Waals surface area (Å²) in [4.78, 5) is 2.28. The smallest absolute Gasteiger partial charge is 0.143 e. The first kappa shape index (κ1) is 26.2. The Labute approximate surface area is 265 Å². The summed E-state index contributed by atoms with van der Waals surface area (Å²) in [6.07, 6.45) is 0. The van der Waals surface area contributed by atoms with E-state index in [4.69, 9.17) is 14.6 Å². The van der Waals surface area contributed by atoms with E-state index in [1.54, 1.807) is 0 Å². The summed E-state index contributed by atoms with van der Waals surface area (Å²) in [5.41, 5.74) is 18.2. The summed E-state index contributed by atoms with van der Waals surface area (Å²) in [6.45, 7) is 0. The highest BCUT2D eigenvalue weighted by molar-refractivity contribution is 6.12. The van der Waals surface area contributed by atoms with Gasteiger partial charge >= 0.3 is 0 Å². The molecule has 0 bridgehead atoms. The first-order valence-electron chi connectivity index (χ1n) is 15.4. The Kier molecular flexibility index (Phi) is 5.93. The standard InChI is InChI=1S/C42H28N2O2/c43-37-13-7-15-40-41(37)36-26-32(24-25-39(36)45-40)44(30-20-16-28(17-21-30)27-8-2-1-3-9-27)31-22-18-29(19-23-31)33-11-6-12-35-34-10-4-5-14-38(34)46-42(33)35/h1-26H,43H2. The van der Waals surface area contributed by atoms with Gasteiger partial charge in [0.15, 0.2) is 0 Å². The van der Waals surface area contributed by atoms with Crippen molar-refractivity contribution in [1.82, 2.24) is 0 Å². The first-order chi connectivity index (χ1) is 22.7. The molecule has 0 aliphatic rings. The van der Waals surface area contributed by atoms with Crippen molar-refractivity contribution in [3.63, 3.8) is 0 Å². The molecule has 0 atom stereocenters. The van der Waals surface area contributed by atoms with E-state index >= 15 is 0 Å². The number of nitrogens with two attached hydrogens (primary N) is 1. The molecule has 0 aliphatic heterocycles. The summed E-state index contributed by atoms with van der Waals surface area (Å²) >= 11 is 0. The van der Waals surface area contributed by atoms with Crippen molar-refractivity contribution in [3.8, 4) is 22.3 Å². The van der Waals surface area contributed by atoms with Crippen LogP contribution in [0.1, 0.15) is 0 Å². The fraction of sp³-hybridized carbons (Fsp3) is 0. The minimum absolute atomic E-state index is 0.705. The largest absolute Gasteiger partial charge is 0.456 e. The van der Waals surface area contributed by atoms with Crippen LogP contribution >= 0.6 is 0 Å². The molecular formula is C42H28N2O2. The van der Waals surface area contributed by atoms with Gasteiger partial charge in [0.25, 0.3) is 0 Å². The van der Waals surface area contributed by atoms with Gasteiger partial charge in [-0.1, -0.05) is 97.1 Å². The molecule has 0 amide bonds. The number of benzene rings is 7. The van der Waals surface area contributed by atoms with E-state index in [1.807, 2.05) is 42.5 Å². The van der Waals surface area contributed by atoms with Gasteiger partial charge < -0.3 is 19.5 Å². The average Bonchev–Trinajstić information content (AvgIpc) is 3.68. The van der Waals surface area contributed by atoms with E-state index in [9.17, 15) is 0 Å². The van der Waals surface area contributed by atoms with E-state index in [1.165, 1.54) is 11.1 Å². The Morgan fingerprint density at radius 1 is 0.413 bits per heavy atom. The highest BCUT2D eigenvalue weighted by Crippen LogP contribution is 2.42. The molecule has 0 saturated carbocycles. The molecule has 7 aromatic carbocycles. The molecule has 218 valence electrons. The van der Waals surface area contributed by atoms with E-state index in [2.05, 4.69) is 120 Å². The molecule has 0 radical (unpaired) electrons. The van der Waals surface area contributed by atoms with Gasteiger partial charge in [-0.15, -0.1) is 0 Å². The van der Waals surface area contributed by atoms with E-state index in [0.29, 0.717) is 5.69 Å². The van der Waals surface area contributed by atoms with Crippen LogP contribution in [-0.2, 0) is 0 Å². The van der Waals surface area contributed by atoms with E-state index < -0.39 is 0 Å². The van der Waals surface area contributed by atoms with E-state index in [0.717, 1.165) is 72.1 Å². The number of furan rings is 2. The highest BCUT2D eigenvalue weighted by Gasteiger charge is 2.18. The molecule has 0 unspecified atom stereocenters. The van der Waals surface area contributed by atoms with Crippen LogP contribution in [0.2, 0.25) is 0 Å². The molecule has 0 saturated heterocycles. The Hall–Kier alpha value is -6.26. The van der Waals surface area contributed by atoms with Crippen LogP contribution in [0.5, 0.6) is 0 Å². The molecule has 2 heterocycles. The van der Waals surface area contributed by atoms with Crippen LogP contribution in [0.25, 0.3) is 66.1 Å². The van der Waals surface area contributed by atoms with E-state index in [-0.39, 0.29) is 0 Å². The van der Waals surface area contributed by atoms with Gasteiger partial charge in [0.1, 0.15) is 22.3 Å². The first-order valence-corrected chi connectivity index (χ1v) is 15.4. The van der Waals surface area contributed by atoms with Crippen LogP contribution in [0.3, 0.4) is 0 Å². The number of rotatable bonds is 5. The quantitative estimate of drug-likeness (QED) is 0.202. The molecule has 2 N–H and O–H groups in total. The molecule has 4 nitrogen and oxygen atoms in total. The summed E-state index contributed by atoms with van der Waals surface area (Å²) in [7, 11) is 0. The second kappa shape index (κ2) is 10.4. The molecule has 46 heavy (non-hydrogen) atoms. The third kappa shape index (κ3) is 4.23. The minimum atomic E-state index is 0.705.